The Balaban J connectivity index is 1.72. The molecule has 0 fully saturated rings. The molecule has 1 aromatic heterocycles. The number of hydrogen-bond acceptors (Lipinski definition) is 7. The maximum Gasteiger partial charge on any atom is 0.378 e. The van der Waals surface area contributed by atoms with Crippen molar-refractivity contribution in [3.8, 4) is 17.0 Å². The van der Waals surface area contributed by atoms with Crippen molar-refractivity contribution < 1.29 is 13.6 Å². The van der Waals surface area contributed by atoms with Crippen LogP contribution in [-0.2, 0) is 9.09 Å². The molecule has 3 rings (SSSR count). The molecule has 0 spiro atoms. The van der Waals surface area contributed by atoms with E-state index in [4.69, 9.17) is 14.8 Å². The summed E-state index contributed by atoms with van der Waals surface area (Å²) in [6, 6.07) is 16.5. The zero-order chi connectivity index (χ0) is 20.0. The number of aromatic nitrogens is 2. The van der Waals surface area contributed by atoms with E-state index in [1.807, 2.05) is 42.5 Å². The van der Waals surface area contributed by atoms with Crippen molar-refractivity contribution in [1.29, 1.82) is 0 Å². The molecule has 2 aromatic carbocycles. The van der Waals surface area contributed by atoms with E-state index in [9.17, 15) is 4.57 Å². The third-order valence-electron chi connectivity index (χ3n) is 3.93. The van der Waals surface area contributed by atoms with Crippen LogP contribution in [0.3, 0.4) is 0 Å². The Bertz CT molecular complexity index is 979. The summed E-state index contributed by atoms with van der Waals surface area (Å²) in [6.07, 6.45) is 1.81. The van der Waals surface area contributed by atoms with Crippen molar-refractivity contribution in [3.63, 3.8) is 0 Å². The van der Waals surface area contributed by atoms with Crippen LogP contribution in [0, 0.1) is 0 Å². The fourth-order valence-corrected chi connectivity index (χ4v) is 3.77. The van der Waals surface area contributed by atoms with Gasteiger partial charge in [0.25, 0.3) is 0 Å². The summed E-state index contributed by atoms with van der Waals surface area (Å²) in [5.41, 5.74) is 9.02. The smallest absolute Gasteiger partial charge is 0.378 e. The Labute approximate surface area is 164 Å². The lowest BCUT2D eigenvalue weighted by atomic mass is 10.1. The van der Waals surface area contributed by atoms with Crippen LogP contribution < -0.4 is 15.6 Å². The lowest BCUT2D eigenvalue weighted by Gasteiger charge is -2.17. The number of nitrogen functional groups attached to an aromatic ring is 1. The van der Waals surface area contributed by atoms with E-state index in [0.717, 1.165) is 16.9 Å². The van der Waals surface area contributed by atoms with Crippen molar-refractivity contribution in [1.82, 2.24) is 9.97 Å². The molecule has 1 atom stereocenters. The zero-order valence-corrected chi connectivity index (χ0v) is 16.7. The molecule has 0 bridgehead atoms. The largest absolute Gasteiger partial charge is 0.424 e. The molecule has 28 heavy (non-hydrogen) atoms. The van der Waals surface area contributed by atoms with Crippen LogP contribution in [0.15, 0.2) is 60.9 Å². The molecule has 8 heteroatoms. The van der Waals surface area contributed by atoms with Crippen molar-refractivity contribution in [2.75, 3.05) is 23.8 Å². The summed E-state index contributed by atoms with van der Waals surface area (Å²) in [7, 11) is -3.10. The second-order valence-corrected chi connectivity index (χ2v) is 8.29. The van der Waals surface area contributed by atoms with Crippen LogP contribution in [-0.4, -0.2) is 22.7 Å². The van der Waals surface area contributed by atoms with Gasteiger partial charge in [0.05, 0.1) is 18.5 Å². The lowest BCUT2D eigenvalue weighted by molar-refractivity contribution is 0.280. The van der Waals surface area contributed by atoms with E-state index in [-0.39, 0.29) is 0 Å². The monoisotopic (exact) mass is 398 g/mol. The molecule has 0 aliphatic heterocycles. The zero-order valence-electron chi connectivity index (χ0n) is 15.8. The highest BCUT2D eigenvalue weighted by atomic mass is 31.2. The van der Waals surface area contributed by atoms with E-state index < -0.39 is 7.60 Å². The number of nitrogens with zero attached hydrogens (tertiary/aromatic N) is 2. The second kappa shape index (κ2) is 8.87. The van der Waals surface area contributed by atoms with Crippen LogP contribution in [0.4, 0.5) is 17.2 Å². The van der Waals surface area contributed by atoms with Gasteiger partial charge in [0.1, 0.15) is 17.9 Å². The van der Waals surface area contributed by atoms with Crippen molar-refractivity contribution in [2.24, 2.45) is 0 Å². The standard InChI is InChI=1S/C20H23N4O3P/c1-3-26-28(25,4-2)27-18-10-8-17(9-11-18)24-20-13-19(22-14-23-20)15-6-5-7-16(21)12-15/h5-14H,3-4,21H2,1-2H3,(H,22,23,24). The third kappa shape index (κ3) is 5.09. The first-order valence-electron chi connectivity index (χ1n) is 8.99. The van der Waals surface area contributed by atoms with Crippen LogP contribution in [0.1, 0.15) is 13.8 Å². The maximum absolute atomic E-state index is 12.4. The van der Waals surface area contributed by atoms with Crippen LogP contribution >= 0.6 is 7.60 Å². The summed E-state index contributed by atoms with van der Waals surface area (Å²) >= 11 is 0. The Morgan fingerprint density at radius 1 is 1.07 bits per heavy atom. The molecular weight excluding hydrogens is 375 g/mol. The van der Waals surface area contributed by atoms with Gasteiger partial charge in [-0.3, -0.25) is 0 Å². The Hall–Kier alpha value is -2.89. The van der Waals surface area contributed by atoms with Gasteiger partial charge in [-0.05, 0) is 43.3 Å². The molecule has 0 saturated heterocycles. The topological polar surface area (TPSA) is 99.4 Å². The number of nitrogens with one attached hydrogen (secondary N) is 1. The lowest BCUT2D eigenvalue weighted by Crippen LogP contribution is -2.00. The highest BCUT2D eigenvalue weighted by Crippen LogP contribution is 2.47. The molecule has 0 aliphatic carbocycles. The molecule has 1 unspecified atom stereocenters. The highest BCUT2D eigenvalue weighted by molar-refractivity contribution is 7.54. The summed E-state index contributed by atoms with van der Waals surface area (Å²) in [5.74, 6) is 1.14. The van der Waals surface area contributed by atoms with Crippen LogP contribution in [0.25, 0.3) is 11.3 Å². The Kier molecular flexibility index (Phi) is 6.29. The minimum atomic E-state index is -3.10. The first-order chi connectivity index (χ1) is 13.5. The molecule has 0 radical (unpaired) electrons. The van der Waals surface area contributed by atoms with Crippen LogP contribution in [0.2, 0.25) is 0 Å². The average molecular weight is 398 g/mol. The number of hydrogen-bond donors (Lipinski definition) is 2. The molecule has 1 heterocycles. The fourth-order valence-electron chi connectivity index (χ4n) is 2.57. The van der Waals surface area contributed by atoms with E-state index >= 15 is 0 Å². The molecule has 0 amide bonds. The summed E-state index contributed by atoms with van der Waals surface area (Å²) in [4.78, 5) is 8.55. The Morgan fingerprint density at radius 3 is 2.54 bits per heavy atom. The SMILES string of the molecule is CCOP(=O)(CC)Oc1ccc(Nc2cc(-c3cccc(N)c3)ncn2)cc1. The first-order valence-corrected chi connectivity index (χ1v) is 10.7. The number of nitrogens with two attached hydrogens (primary N) is 1. The minimum Gasteiger partial charge on any atom is -0.424 e. The van der Waals surface area contributed by atoms with Crippen molar-refractivity contribution >= 4 is 24.8 Å². The second-order valence-electron chi connectivity index (χ2n) is 6.00. The average Bonchev–Trinajstić information content (AvgIpc) is 2.70. The van der Waals surface area contributed by atoms with Gasteiger partial charge in [-0.25, -0.2) is 14.5 Å². The van der Waals surface area contributed by atoms with Gasteiger partial charge < -0.3 is 20.1 Å². The minimum absolute atomic E-state index is 0.314. The quantitative estimate of drug-likeness (QED) is 0.402. The Morgan fingerprint density at radius 2 is 1.86 bits per heavy atom. The van der Waals surface area contributed by atoms with Crippen molar-refractivity contribution in [3.05, 3.63) is 60.9 Å². The van der Waals surface area contributed by atoms with E-state index in [2.05, 4.69) is 15.3 Å². The highest BCUT2D eigenvalue weighted by Gasteiger charge is 2.22. The summed E-state index contributed by atoms with van der Waals surface area (Å²) in [5, 5.41) is 3.22. The number of anilines is 3. The van der Waals surface area contributed by atoms with Gasteiger partial charge in [0.15, 0.2) is 0 Å². The van der Waals surface area contributed by atoms with Gasteiger partial charge in [-0.15, -0.1) is 0 Å². The number of benzene rings is 2. The van der Waals surface area contributed by atoms with Crippen molar-refractivity contribution in [2.45, 2.75) is 13.8 Å². The van der Waals surface area contributed by atoms with Gasteiger partial charge in [-0.1, -0.05) is 19.1 Å². The maximum atomic E-state index is 12.4. The summed E-state index contributed by atoms with van der Waals surface area (Å²) < 4.78 is 23.3. The summed E-state index contributed by atoms with van der Waals surface area (Å²) in [6.45, 7) is 3.91. The molecule has 7 nitrogen and oxygen atoms in total. The first kappa shape index (κ1) is 19.9. The van der Waals surface area contributed by atoms with Gasteiger partial charge in [0, 0.05) is 23.0 Å². The molecular formula is C20H23N4O3P. The van der Waals surface area contributed by atoms with Gasteiger partial charge in [-0.2, -0.15) is 0 Å². The molecule has 3 N–H and O–H groups in total. The van der Waals surface area contributed by atoms with Crippen LogP contribution in [0.5, 0.6) is 5.75 Å². The van der Waals surface area contributed by atoms with E-state index in [1.165, 1.54) is 6.33 Å². The molecule has 0 aliphatic rings. The molecule has 146 valence electrons. The number of rotatable bonds is 8. The van der Waals surface area contributed by atoms with Gasteiger partial charge >= 0.3 is 7.60 Å². The van der Waals surface area contributed by atoms with Gasteiger partial charge in [0.2, 0.25) is 0 Å². The predicted octanol–water partition coefficient (Wildman–Crippen LogP) is 5.10. The molecule has 0 saturated carbocycles. The van der Waals surface area contributed by atoms with E-state index in [1.54, 1.807) is 26.0 Å². The van der Waals surface area contributed by atoms with E-state index in [0.29, 0.717) is 30.0 Å². The molecule has 3 aromatic rings. The third-order valence-corrected chi connectivity index (χ3v) is 5.85. The normalized spacial score (nSPS) is 12.9. The fraction of sp³-hybridized carbons (Fsp3) is 0.200. The predicted molar refractivity (Wildman–Crippen MR) is 112 cm³/mol.